The highest BCUT2D eigenvalue weighted by Gasteiger charge is 2.49. The number of alkyl carbamates (subject to hydrolysis) is 1. The average molecular weight is 479 g/mol. The zero-order chi connectivity index (χ0) is 25.2. The van der Waals surface area contributed by atoms with Gasteiger partial charge in [0.15, 0.2) is 0 Å². The van der Waals surface area contributed by atoms with Crippen molar-refractivity contribution in [3.63, 3.8) is 0 Å². The Kier molecular flexibility index (Phi) is 6.88. The number of nitrogens with one attached hydrogen (secondary N) is 2. The molecule has 0 spiro atoms. The van der Waals surface area contributed by atoms with Gasteiger partial charge >= 0.3 is 12.1 Å². The van der Waals surface area contributed by atoms with E-state index in [1.807, 2.05) is 24.3 Å². The molecular formula is C28H34N2O5. The lowest BCUT2D eigenvalue weighted by molar-refractivity contribution is -0.149. The summed E-state index contributed by atoms with van der Waals surface area (Å²) >= 11 is 0. The molecule has 0 aromatic heterocycles. The molecule has 1 atom stereocenters. The van der Waals surface area contributed by atoms with Crippen LogP contribution in [0.3, 0.4) is 0 Å². The van der Waals surface area contributed by atoms with Crippen molar-refractivity contribution in [2.75, 3.05) is 13.2 Å². The summed E-state index contributed by atoms with van der Waals surface area (Å²) in [7, 11) is 0. The maximum absolute atomic E-state index is 13.2. The smallest absolute Gasteiger partial charge is 0.408 e. The zero-order valence-corrected chi connectivity index (χ0v) is 20.6. The molecule has 1 unspecified atom stereocenters. The molecule has 0 radical (unpaired) electrons. The minimum Gasteiger partial charge on any atom is -0.481 e. The average Bonchev–Trinajstić information content (AvgIpc) is 3.67. The highest BCUT2D eigenvalue weighted by Crippen LogP contribution is 2.44. The molecule has 2 amide bonds. The molecule has 0 heterocycles. The Morgan fingerprint density at radius 1 is 0.971 bits per heavy atom. The number of rotatable bonds is 10. The number of hydrogen-bond donors (Lipinski definition) is 3. The predicted octanol–water partition coefficient (Wildman–Crippen LogP) is 4.70. The number of ether oxygens (including phenoxy) is 1. The molecule has 7 heteroatoms. The van der Waals surface area contributed by atoms with Crippen LogP contribution in [0.1, 0.15) is 63.5 Å². The highest BCUT2D eigenvalue weighted by molar-refractivity contribution is 5.91. The standard InChI is InChI=1S/C28H34N2O5/c1-4-28(5-2,25(32)33)17-29-24(31)27(3,18-14-15-18)30-26(34)35-16-23-21-12-8-6-10-19(21)20-11-7-9-13-22(20)23/h6-13,18,23H,4-5,14-17H2,1-3H3,(H,29,31)(H,30,34)(H,32,33). The van der Waals surface area contributed by atoms with Crippen molar-refractivity contribution in [2.45, 2.75) is 57.9 Å². The summed E-state index contributed by atoms with van der Waals surface area (Å²) in [5.41, 5.74) is 2.35. The van der Waals surface area contributed by atoms with E-state index in [0.717, 1.165) is 35.1 Å². The summed E-state index contributed by atoms with van der Waals surface area (Å²) in [6, 6.07) is 16.2. The third kappa shape index (κ3) is 4.64. The number of hydrogen-bond acceptors (Lipinski definition) is 4. The normalized spacial score (nSPS) is 16.5. The van der Waals surface area contributed by atoms with Crippen molar-refractivity contribution in [3.8, 4) is 11.1 Å². The van der Waals surface area contributed by atoms with Crippen molar-refractivity contribution < 1.29 is 24.2 Å². The first kappa shape index (κ1) is 24.8. The summed E-state index contributed by atoms with van der Waals surface area (Å²) in [4.78, 5) is 37.9. The van der Waals surface area contributed by atoms with E-state index in [9.17, 15) is 19.5 Å². The Hall–Kier alpha value is -3.35. The fourth-order valence-electron chi connectivity index (χ4n) is 5.16. The molecule has 3 N–H and O–H groups in total. The Bertz CT molecular complexity index is 1080. The van der Waals surface area contributed by atoms with Crippen LogP contribution < -0.4 is 10.6 Å². The number of benzene rings is 2. The molecule has 0 bridgehead atoms. The van der Waals surface area contributed by atoms with Crippen LogP contribution in [-0.2, 0) is 14.3 Å². The Morgan fingerprint density at radius 2 is 1.51 bits per heavy atom. The van der Waals surface area contributed by atoms with Crippen molar-refractivity contribution in [1.29, 1.82) is 0 Å². The van der Waals surface area contributed by atoms with Crippen LogP contribution in [0.25, 0.3) is 11.1 Å². The number of carboxylic acids is 1. The second-order valence-electron chi connectivity index (χ2n) is 9.90. The van der Waals surface area contributed by atoms with Crippen molar-refractivity contribution in [2.24, 2.45) is 11.3 Å². The third-order valence-electron chi connectivity index (χ3n) is 7.97. The Balaban J connectivity index is 1.43. The van der Waals surface area contributed by atoms with Crippen LogP contribution in [0.15, 0.2) is 48.5 Å². The summed E-state index contributed by atoms with van der Waals surface area (Å²) in [5, 5.41) is 15.3. The Labute approximate surface area is 206 Å². The molecule has 2 aliphatic carbocycles. The minimum absolute atomic E-state index is 0.00883. The topological polar surface area (TPSA) is 105 Å². The van der Waals surface area contributed by atoms with Gasteiger partial charge in [-0.1, -0.05) is 62.4 Å². The lowest BCUT2D eigenvalue weighted by atomic mass is 9.82. The quantitative estimate of drug-likeness (QED) is 0.459. The van der Waals surface area contributed by atoms with E-state index >= 15 is 0 Å². The third-order valence-corrected chi connectivity index (χ3v) is 7.97. The van der Waals surface area contributed by atoms with Crippen LogP contribution in [-0.4, -0.2) is 41.8 Å². The number of carbonyl (C=O) groups is 3. The first-order valence-corrected chi connectivity index (χ1v) is 12.4. The second kappa shape index (κ2) is 9.72. The molecule has 2 aromatic carbocycles. The second-order valence-corrected chi connectivity index (χ2v) is 9.90. The van der Waals surface area contributed by atoms with Crippen LogP contribution >= 0.6 is 0 Å². The fourth-order valence-corrected chi connectivity index (χ4v) is 5.16. The van der Waals surface area contributed by atoms with E-state index in [1.165, 1.54) is 0 Å². The van der Waals surface area contributed by atoms with Gasteiger partial charge in [0, 0.05) is 12.5 Å². The molecule has 2 aliphatic rings. The Morgan fingerprint density at radius 3 is 2.00 bits per heavy atom. The van der Waals surface area contributed by atoms with Gasteiger partial charge in [-0.3, -0.25) is 9.59 Å². The highest BCUT2D eigenvalue weighted by atomic mass is 16.5. The summed E-state index contributed by atoms with van der Waals surface area (Å²) in [5.74, 6) is -1.38. The zero-order valence-electron chi connectivity index (χ0n) is 20.6. The van der Waals surface area contributed by atoms with E-state index in [2.05, 4.69) is 34.9 Å². The van der Waals surface area contributed by atoms with Gasteiger partial charge in [0.2, 0.25) is 5.91 Å². The number of fused-ring (bicyclic) bond motifs is 3. The van der Waals surface area contributed by atoms with E-state index in [-0.39, 0.29) is 30.9 Å². The lowest BCUT2D eigenvalue weighted by Crippen LogP contribution is -2.60. The van der Waals surface area contributed by atoms with E-state index in [4.69, 9.17) is 4.74 Å². The molecule has 0 aliphatic heterocycles. The van der Waals surface area contributed by atoms with Crippen LogP contribution in [0.4, 0.5) is 4.79 Å². The predicted molar refractivity (Wildman–Crippen MR) is 133 cm³/mol. The van der Waals surface area contributed by atoms with Gasteiger partial charge in [-0.25, -0.2) is 4.79 Å². The SMILES string of the molecule is CCC(CC)(CNC(=O)C(C)(NC(=O)OCC1c2ccccc2-c2ccccc21)C1CC1)C(=O)O. The monoisotopic (exact) mass is 478 g/mol. The molecule has 1 fully saturated rings. The van der Waals surface area contributed by atoms with Crippen LogP contribution in [0, 0.1) is 11.3 Å². The molecule has 0 saturated heterocycles. The minimum atomic E-state index is -1.16. The number of carboxylic acid groups (broad SMARTS) is 1. The van der Waals surface area contributed by atoms with Gasteiger partial charge in [0.1, 0.15) is 12.1 Å². The first-order valence-electron chi connectivity index (χ1n) is 12.4. The largest absolute Gasteiger partial charge is 0.481 e. The maximum Gasteiger partial charge on any atom is 0.408 e. The fraction of sp³-hybridized carbons (Fsp3) is 0.464. The molecule has 2 aromatic rings. The van der Waals surface area contributed by atoms with E-state index < -0.39 is 23.0 Å². The first-order chi connectivity index (χ1) is 16.8. The number of carbonyl (C=O) groups excluding carboxylic acids is 2. The van der Waals surface area contributed by atoms with Gasteiger partial charge in [0.25, 0.3) is 0 Å². The number of aliphatic carboxylic acids is 1. The maximum atomic E-state index is 13.2. The van der Waals surface area contributed by atoms with Gasteiger partial charge in [-0.05, 0) is 60.8 Å². The van der Waals surface area contributed by atoms with Gasteiger partial charge < -0.3 is 20.5 Å². The lowest BCUT2D eigenvalue weighted by Gasteiger charge is -2.32. The molecule has 1 saturated carbocycles. The van der Waals surface area contributed by atoms with Crippen molar-refractivity contribution in [1.82, 2.24) is 10.6 Å². The van der Waals surface area contributed by atoms with E-state index in [0.29, 0.717) is 12.8 Å². The molecular weight excluding hydrogens is 444 g/mol. The van der Waals surface area contributed by atoms with Crippen molar-refractivity contribution >= 4 is 18.0 Å². The summed E-state index contributed by atoms with van der Waals surface area (Å²) in [6.45, 7) is 5.48. The molecule has 7 nitrogen and oxygen atoms in total. The van der Waals surface area contributed by atoms with Gasteiger partial charge in [0.05, 0.1) is 5.41 Å². The van der Waals surface area contributed by atoms with Crippen molar-refractivity contribution in [3.05, 3.63) is 59.7 Å². The number of amides is 2. The summed E-state index contributed by atoms with van der Waals surface area (Å²) < 4.78 is 5.67. The molecule has 4 rings (SSSR count). The molecule has 186 valence electrons. The van der Waals surface area contributed by atoms with Gasteiger partial charge in [-0.15, -0.1) is 0 Å². The summed E-state index contributed by atoms with van der Waals surface area (Å²) in [6.07, 6.45) is 1.79. The van der Waals surface area contributed by atoms with Gasteiger partial charge in [-0.2, -0.15) is 0 Å². The van der Waals surface area contributed by atoms with Crippen LogP contribution in [0.5, 0.6) is 0 Å². The van der Waals surface area contributed by atoms with E-state index in [1.54, 1.807) is 20.8 Å². The molecule has 35 heavy (non-hydrogen) atoms. The van der Waals surface area contributed by atoms with Crippen LogP contribution in [0.2, 0.25) is 0 Å².